The molecule has 0 spiro atoms. The van der Waals surface area contributed by atoms with E-state index in [2.05, 4.69) is 25.9 Å². The summed E-state index contributed by atoms with van der Waals surface area (Å²) in [7, 11) is 0. The van der Waals surface area contributed by atoms with Crippen molar-refractivity contribution in [3.63, 3.8) is 0 Å². The van der Waals surface area contributed by atoms with Crippen LogP contribution in [0.3, 0.4) is 0 Å². The van der Waals surface area contributed by atoms with Gasteiger partial charge in [0.05, 0.1) is 12.2 Å². The lowest BCUT2D eigenvalue weighted by Gasteiger charge is -2.05. The standard InChI is InChI=1S/C14H14FNO2.C9H5BrFN/c1-2-3-7-18-14(17)11-8-10-5-4-6-16-13(10)12(15)9-11;10-7-4-6-2-1-3-12-9(6)8(11)5-7/h4-6,8-9H,2-3,7H2,1H3;1-5H. The van der Waals surface area contributed by atoms with Gasteiger partial charge in [0.15, 0.2) is 5.82 Å². The molecular formula is C23H19BrF2N2O2. The van der Waals surface area contributed by atoms with E-state index in [1.807, 2.05) is 19.1 Å². The molecule has 7 heteroatoms. The maximum atomic E-state index is 13.7. The summed E-state index contributed by atoms with van der Waals surface area (Å²) in [6.45, 7) is 2.37. The van der Waals surface area contributed by atoms with Gasteiger partial charge in [-0.25, -0.2) is 13.6 Å². The Labute approximate surface area is 181 Å². The van der Waals surface area contributed by atoms with Crippen molar-refractivity contribution in [2.75, 3.05) is 6.61 Å². The van der Waals surface area contributed by atoms with Crippen LogP contribution in [0.25, 0.3) is 21.8 Å². The molecule has 0 aliphatic carbocycles. The number of halogens is 3. The van der Waals surface area contributed by atoms with E-state index < -0.39 is 11.8 Å². The van der Waals surface area contributed by atoms with E-state index in [-0.39, 0.29) is 16.9 Å². The maximum Gasteiger partial charge on any atom is 0.338 e. The van der Waals surface area contributed by atoms with Gasteiger partial charge >= 0.3 is 5.97 Å². The van der Waals surface area contributed by atoms with Gasteiger partial charge in [0.25, 0.3) is 0 Å². The smallest absolute Gasteiger partial charge is 0.338 e. The van der Waals surface area contributed by atoms with Crippen molar-refractivity contribution >= 4 is 43.7 Å². The topological polar surface area (TPSA) is 52.1 Å². The number of nitrogens with zero attached hydrogens (tertiary/aromatic N) is 2. The second-order valence-corrected chi connectivity index (χ2v) is 7.40. The molecule has 4 aromatic rings. The molecule has 4 rings (SSSR count). The zero-order valence-corrected chi connectivity index (χ0v) is 17.8. The highest BCUT2D eigenvalue weighted by Crippen LogP contribution is 2.21. The van der Waals surface area contributed by atoms with E-state index >= 15 is 0 Å². The van der Waals surface area contributed by atoms with Crippen LogP contribution in [-0.4, -0.2) is 22.5 Å². The first-order valence-electron chi connectivity index (χ1n) is 9.40. The number of benzene rings is 2. The number of esters is 1. The van der Waals surface area contributed by atoms with Crippen LogP contribution in [0.1, 0.15) is 30.1 Å². The number of pyridine rings is 2. The number of hydrogen-bond acceptors (Lipinski definition) is 4. The average Bonchev–Trinajstić information content (AvgIpc) is 2.74. The molecule has 154 valence electrons. The summed E-state index contributed by atoms with van der Waals surface area (Å²) in [6, 6.07) is 13.1. The average molecular weight is 473 g/mol. The molecule has 0 aliphatic heterocycles. The Bertz CT molecular complexity index is 1180. The summed E-state index contributed by atoms with van der Waals surface area (Å²) in [5, 5.41) is 1.41. The fraction of sp³-hybridized carbons (Fsp3) is 0.174. The normalized spacial score (nSPS) is 10.5. The van der Waals surface area contributed by atoms with Crippen molar-refractivity contribution in [1.82, 2.24) is 9.97 Å². The number of unbranched alkanes of at least 4 members (excludes halogenated alkanes) is 1. The van der Waals surface area contributed by atoms with Gasteiger partial charge in [0.1, 0.15) is 16.9 Å². The fourth-order valence-electron chi connectivity index (χ4n) is 2.77. The van der Waals surface area contributed by atoms with E-state index in [1.165, 1.54) is 18.3 Å². The summed E-state index contributed by atoms with van der Waals surface area (Å²) >= 11 is 3.22. The van der Waals surface area contributed by atoms with Crippen LogP contribution in [0.5, 0.6) is 0 Å². The Kier molecular flexibility index (Phi) is 7.41. The predicted octanol–water partition coefficient (Wildman–Crippen LogP) is 6.47. The molecule has 0 radical (unpaired) electrons. The third-order valence-corrected chi connectivity index (χ3v) is 4.71. The Balaban J connectivity index is 0.000000184. The number of fused-ring (bicyclic) bond motifs is 2. The third kappa shape index (κ3) is 5.36. The number of rotatable bonds is 4. The maximum absolute atomic E-state index is 13.7. The molecule has 30 heavy (non-hydrogen) atoms. The van der Waals surface area contributed by atoms with Crippen LogP contribution in [-0.2, 0) is 4.74 Å². The lowest BCUT2D eigenvalue weighted by Crippen LogP contribution is -2.07. The van der Waals surface area contributed by atoms with Crippen molar-refractivity contribution in [1.29, 1.82) is 0 Å². The van der Waals surface area contributed by atoms with Crippen molar-refractivity contribution in [2.24, 2.45) is 0 Å². The van der Waals surface area contributed by atoms with E-state index in [9.17, 15) is 13.6 Å². The zero-order valence-electron chi connectivity index (χ0n) is 16.2. The molecular weight excluding hydrogens is 454 g/mol. The Morgan fingerprint density at radius 3 is 2.20 bits per heavy atom. The molecule has 0 unspecified atom stereocenters. The van der Waals surface area contributed by atoms with Gasteiger partial charge in [-0.3, -0.25) is 9.97 Å². The van der Waals surface area contributed by atoms with Crippen LogP contribution in [0, 0.1) is 11.6 Å². The lowest BCUT2D eigenvalue weighted by molar-refractivity contribution is 0.0499. The SMILES string of the molecule is CCCCOC(=O)c1cc(F)c2ncccc2c1.Fc1cc(Br)cc2cccnc12. The van der Waals surface area contributed by atoms with Crippen LogP contribution in [0.4, 0.5) is 8.78 Å². The van der Waals surface area contributed by atoms with E-state index in [4.69, 9.17) is 4.74 Å². The predicted molar refractivity (Wildman–Crippen MR) is 116 cm³/mol. The van der Waals surface area contributed by atoms with E-state index in [0.29, 0.717) is 17.5 Å². The van der Waals surface area contributed by atoms with Gasteiger partial charge in [0.2, 0.25) is 0 Å². The van der Waals surface area contributed by atoms with Crippen molar-refractivity contribution < 1.29 is 18.3 Å². The van der Waals surface area contributed by atoms with Crippen molar-refractivity contribution in [3.8, 4) is 0 Å². The molecule has 2 heterocycles. The Morgan fingerprint density at radius 1 is 0.967 bits per heavy atom. The number of ether oxygens (including phenoxy) is 1. The molecule has 4 nitrogen and oxygen atoms in total. The van der Waals surface area contributed by atoms with Gasteiger partial charge in [-0.1, -0.05) is 41.4 Å². The highest BCUT2D eigenvalue weighted by atomic mass is 79.9. The second kappa shape index (κ2) is 10.2. The van der Waals surface area contributed by atoms with Gasteiger partial charge in [-0.05, 0) is 42.8 Å². The fourth-order valence-corrected chi connectivity index (χ4v) is 3.22. The van der Waals surface area contributed by atoms with Crippen molar-refractivity contribution in [3.05, 3.63) is 82.6 Å². The second-order valence-electron chi connectivity index (χ2n) is 6.49. The molecule has 0 amide bonds. The molecule has 0 fully saturated rings. The number of carbonyl (C=O) groups is 1. The minimum Gasteiger partial charge on any atom is -0.462 e. The number of hydrogen-bond donors (Lipinski definition) is 0. The first-order chi connectivity index (χ1) is 14.5. The summed E-state index contributed by atoms with van der Waals surface area (Å²) in [6.07, 6.45) is 4.86. The van der Waals surface area contributed by atoms with Crippen LogP contribution in [0.15, 0.2) is 65.4 Å². The molecule has 2 aromatic carbocycles. The van der Waals surface area contributed by atoms with Crippen LogP contribution in [0.2, 0.25) is 0 Å². The minimum absolute atomic E-state index is 0.226. The Hall–Kier alpha value is -2.93. The number of aromatic nitrogens is 2. The van der Waals surface area contributed by atoms with E-state index in [0.717, 1.165) is 22.7 Å². The van der Waals surface area contributed by atoms with Crippen LogP contribution < -0.4 is 0 Å². The summed E-state index contributed by atoms with van der Waals surface area (Å²) < 4.78 is 32.7. The molecule has 0 atom stereocenters. The monoisotopic (exact) mass is 472 g/mol. The summed E-state index contributed by atoms with van der Waals surface area (Å²) in [4.78, 5) is 19.6. The third-order valence-electron chi connectivity index (χ3n) is 4.25. The van der Waals surface area contributed by atoms with Gasteiger partial charge in [-0.2, -0.15) is 0 Å². The first-order valence-corrected chi connectivity index (χ1v) is 10.2. The highest BCUT2D eigenvalue weighted by Gasteiger charge is 2.11. The van der Waals surface area contributed by atoms with Crippen molar-refractivity contribution in [2.45, 2.75) is 19.8 Å². The Morgan fingerprint density at radius 2 is 1.57 bits per heavy atom. The molecule has 0 bridgehead atoms. The molecule has 2 aromatic heterocycles. The first kappa shape index (κ1) is 21.8. The molecule has 0 N–H and O–H groups in total. The number of carbonyl (C=O) groups excluding carboxylic acids is 1. The highest BCUT2D eigenvalue weighted by molar-refractivity contribution is 9.10. The van der Waals surface area contributed by atoms with Gasteiger partial charge in [-0.15, -0.1) is 0 Å². The minimum atomic E-state index is -0.504. The van der Waals surface area contributed by atoms with E-state index in [1.54, 1.807) is 30.5 Å². The molecule has 0 saturated carbocycles. The molecule has 0 aliphatic rings. The largest absolute Gasteiger partial charge is 0.462 e. The molecule has 0 saturated heterocycles. The van der Waals surface area contributed by atoms with Gasteiger partial charge < -0.3 is 4.74 Å². The summed E-state index contributed by atoms with van der Waals surface area (Å²) in [5.41, 5.74) is 0.910. The summed E-state index contributed by atoms with van der Waals surface area (Å²) in [5.74, 6) is -1.29. The quantitative estimate of drug-likeness (QED) is 0.252. The lowest BCUT2D eigenvalue weighted by atomic mass is 10.1. The zero-order chi connectivity index (χ0) is 21.5. The van der Waals surface area contributed by atoms with Gasteiger partial charge in [0, 0.05) is 27.6 Å². The van der Waals surface area contributed by atoms with Crippen LogP contribution >= 0.6 is 15.9 Å².